The maximum Gasteiger partial charge on any atom is 0.213 e. The van der Waals surface area contributed by atoms with Crippen molar-refractivity contribution in [1.82, 2.24) is 14.9 Å². The van der Waals surface area contributed by atoms with Crippen molar-refractivity contribution in [3.63, 3.8) is 0 Å². The molecule has 0 fully saturated rings. The van der Waals surface area contributed by atoms with Gasteiger partial charge in [-0.1, -0.05) is 11.3 Å². The number of hydrogen-bond acceptors (Lipinski definition) is 6. The number of nitrogens with one attached hydrogen (secondary N) is 2. The molecule has 0 spiro atoms. The first-order chi connectivity index (χ1) is 6.53. The van der Waals surface area contributed by atoms with Gasteiger partial charge in [-0.3, -0.25) is 0 Å². The van der Waals surface area contributed by atoms with Gasteiger partial charge in [0.25, 0.3) is 0 Å². The van der Waals surface area contributed by atoms with Crippen LogP contribution in [0.3, 0.4) is 0 Å². The summed E-state index contributed by atoms with van der Waals surface area (Å²) in [6, 6.07) is 0. The summed E-state index contributed by atoms with van der Waals surface area (Å²) in [6.45, 7) is 0.310. The molecule has 2 N–H and O–H groups in total. The molecule has 1 aromatic heterocycles. The molecule has 80 valence electrons. The summed E-state index contributed by atoms with van der Waals surface area (Å²) in [5.41, 5.74) is 0. The fourth-order valence-corrected chi connectivity index (χ4v) is 2.28. The maximum absolute atomic E-state index is 11.0. The SMILES string of the molecule is CNS(=O)(=O)CCNc1nnc(Br)s1. The second-order valence-electron chi connectivity index (χ2n) is 2.31. The zero-order chi connectivity index (χ0) is 10.6. The Hall–Kier alpha value is -0.250. The molecule has 0 aliphatic carbocycles. The lowest BCUT2D eigenvalue weighted by molar-refractivity contribution is 0.588. The van der Waals surface area contributed by atoms with Crippen LogP contribution in [-0.2, 0) is 10.0 Å². The number of nitrogens with zero attached hydrogens (tertiary/aromatic N) is 2. The summed E-state index contributed by atoms with van der Waals surface area (Å²) in [5, 5.41) is 10.9. The van der Waals surface area contributed by atoms with Crippen LogP contribution in [0.1, 0.15) is 0 Å². The lowest BCUT2D eigenvalue weighted by Crippen LogP contribution is -2.26. The Morgan fingerprint density at radius 3 is 2.71 bits per heavy atom. The minimum atomic E-state index is -3.15. The Balaban J connectivity index is 2.36. The molecule has 1 heterocycles. The van der Waals surface area contributed by atoms with Gasteiger partial charge in [-0.2, -0.15) is 0 Å². The van der Waals surface area contributed by atoms with Crippen molar-refractivity contribution in [2.24, 2.45) is 0 Å². The van der Waals surface area contributed by atoms with E-state index in [4.69, 9.17) is 0 Å². The highest BCUT2D eigenvalue weighted by atomic mass is 79.9. The molecule has 0 amide bonds. The van der Waals surface area contributed by atoms with E-state index >= 15 is 0 Å². The van der Waals surface area contributed by atoms with E-state index in [0.717, 1.165) is 0 Å². The molecular formula is C5H9BrN4O2S2. The fourth-order valence-electron chi connectivity index (χ4n) is 0.671. The number of anilines is 1. The summed E-state index contributed by atoms with van der Waals surface area (Å²) in [4.78, 5) is 0. The predicted octanol–water partition coefficient (Wildman–Crippen LogP) is 0.262. The largest absolute Gasteiger partial charge is 0.359 e. The van der Waals surface area contributed by atoms with E-state index < -0.39 is 10.0 Å². The Labute approximate surface area is 94.3 Å². The molecule has 0 unspecified atom stereocenters. The lowest BCUT2D eigenvalue weighted by atomic mass is 10.7. The zero-order valence-corrected chi connectivity index (χ0v) is 10.5. The van der Waals surface area contributed by atoms with Crippen molar-refractivity contribution in [2.75, 3.05) is 24.7 Å². The number of hydrogen-bond donors (Lipinski definition) is 2. The highest BCUT2D eigenvalue weighted by Gasteiger charge is 2.07. The van der Waals surface area contributed by atoms with Crippen molar-refractivity contribution >= 4 is 42.4 Å². The van der Waals surface area contributed by atoms with Gasteiger partial charge in [0.2, 0.25) is 15.2 Å². The van der Waals surface area contributed by atoms with Gasteiger partial charge < -0.3 is 5.32 Å². The highest BCUT2D eigenvalue weighted by Crippen LogP contribution is 2.19. The minimum Gasteiger partial charge on any atom is -0.359 e. The quantitative estimate of drug-likeness (QED) is 0.815. The van der Waals surface area contributed by atoms with Crippen LogP contribution in [0.25, 0.3) is 0 Å². The third kappa shape index (κ3) is 3.86. The maximum atomic E-state index is 11.0. The molecule has 0 radical (unpaired) electrons. The van der Waals surface area contributed by atoms with Crippen LogP contribution in [0.5, 0.6) is 0 Å². The van der Waals surface area contributed by atoms with Gasteiger partial charge in [0.1, 0.15) is 0 Å². The summed E-state index contributed by atoms with van der Waals surface area (Å²) in [7, 11) is -1.76. The number of aromatic nitrogens is 2. The topological polar surface area (TPSA) is 84.0 Å². The zero-order valence-electron chi connectivity index (χ0n) is 7.32. The van der Waals surface area contributed by atoms with E-state index in [0.29, 0.717) is 15.6 Å². The fraction of sp³-hybridized carbons (Fsp3) is 0.600. The molecule has 1 rings (SSSR count). The molecule has 0 aromatic carbocycles. The van der Waals surface area contributed by atoms with Crippen LogP contribution in [-0.4, -0.2) is 38.0 Å². The predicted molar refractivity (Wildman–Crippen MR) is 58.9 cm³/mol. The third-order valence-electron chi connectivity index (χ3n) is 1.36. The Bertz CT molecular complexity index is 390. The number of rotatable bonds is 5. The van der Waals surface area contributed by atoms with Gasteiger partial charge in [-0.15, -0.1) is 10.2 Å². The van der Waals surface area contributed by atoms with Gasteiger partial charge in [-0.05, 0) is 23.0 Å². The molecule has 14 heavy (non-hydrogen) atoms. The van der Waals surface area contributed by atoms with Crippen molar-refractivity contribution in [2.45, 2.75) is 0 Å². The summed E-state index contributed by atoms with van der Waals surface area (Å²) >= 11 is 4.47. The van der Waals surface area contributed by atoms with E-state index in [9.17, 15) is 8.42 Å². The third-order valence-corrected chi connectivity index (χ3v) is 4.04. The molecule has 1 aromatic rings. The van der Waals surface area contributed by atoms with Crippen molar-refractivity contribution in [3.05, 3.63) is 3.92 Å². The molecule has 0 aliphatic rings. The molecule has 9 heteroatoms. The normalized spacial score (nSPS) is 11.6. The van der Waals surface area contributed by atoms with E-state index in [-0.39, 0.29) is 5.75 Å². The van der Waals surface area contributed by atoms with Crippen LogP contribution < -0.4 is 10.0 Å². The van der Waals surface area contributed by atoms with E-state index in [1.165, 1.54) is 18.4 Å². The molecule has 0 atom stereocenters. The summed E-state index contributed by atoms with van der Waals surface area (Å²) in [5.74, 6) is 0.0146. The van der Waals surface area contributed by atoms with Crippen molar-refractivity contribution < 1.29 is 8.42 Å². The van der Waals surface area contributed by atoms with Gasteiger partial charge in [-0.25, -0.2) is 13.1 Å². The summed E-state index contributed by atoms with van der Waals surface area (Å²) in [6.07, 6.45) is 0. The minimum absolute atomic E-state index is 0.0146. The Kier molecular flexibility index (Phi) is 4.23. The van der Waals surface area contributed by atoms with Gasteiger partial charge >= 0.3 is 0 Å². The van der Waals surface area contributed by atoms with E-state index in [2.05, 4.69) is 36.2 Å². The molecule has 0 saturated carbocycles. The second-order valence-corrected chi connectivity index (χ2v) is 6.61. The van der Waals surface area contributed by atoms with Gasteiger partial charge in [0, 0.05) is 6.54 Å². The van der Waals surface area contributed by atoms with Crippen LogP contribution in [0, 0.1) is 0 Å². The van der Waals surface area contributed by atoms with Gasteiger partial charge in [0.15, 0.2) is 3.92 Å². The molecular weight excluding hydrogens is 292 g/mol. The van der Waals surface area contributed by atoms with Gasteiger partial charge in [0.05, 0.1) is 5.75 Å². The average Bonchev–Trinajstić information content (AvgIpc) is 2.51. The molecule has 0 bridgehead atoms. The summed E-state index contributed by atoms with van der Waals surface area (Å²) < 4.78 is 24.9. The van der Waals surface area contributed by atoms with Crippen molar-refractivity contribution in [1.29, 1.82) is 0 Å². The molecule has 0 aliphatic heterocycles. The first-order valence-electron chi connectivity index (χ1n) is 3.67. The smallest absolute Gasteiger partial charge is 0.213 e. The average molecular weight is 301 g/mol. The first kappa shape index (κ1) is 11.8. The van der Waals surface area contributed by atoms with Crippen molar-refractivity contribution in [3.8, 4) is 0 Å². The van der Waals surface area contributed by atoms with Crippen LogP contribution in [0.4, 0.5) is 5.13 Å². The van der Waals surface area contributed by atoms with E-state index in [1.807, 2.05) is 0 Å². The number of halogens is 1. The van der Waals surface area contributed by atoms with E-state index in [1.54, 1.807) is 0 Å². The van der Waals surface area contributed by atoms with Crippen LogP contribution in [0.2, 0.25) is 0 Å². The number of sulfonamides is 1. The Morgan fingerprint density at radius 1 is 1.50 bits per heavy atom. The standard InChI is InChI=1S/C5H9BrN4O2S2/c1-7-14(11,12)3-2-8-5-10-9-4(6)13-5/h7H,2-3H2,1H3,(H,8,10). The van der Waals surface area contributed by atoms with Crippen LogP contribution >= 0.6 is 27.3 Å². The van der Waals surface area contributed by atoms with Crippen LogP contribution in [0.15, 0.2) is 3.92 Å². The molecule has 6 nitrogen and oxygen atoms in total. The lowest BCUT2D eigenvalue weighted by Gasteiger charge is -2.02. The monoisotopic (exact) mass is 300 g/mol. The highest BCUT2D eigenvalue weighted by molar-refractivity contribution is 9.11. The Morgan fingerprint density at radius 2 is 2.21 bits per heavy atom. The second kappa shape index (κ2) is 5.01. The molecule has 0 saturated heterocycles. The first-order valence-corrected chi connectivity index (χ1v) is 6.94.